The minimum Gasteiger partial charge on any atom is -0.480 e. The summed E-state index contributed by atoms with van der Waals surface area (Å²) in [4.78, 5) is 47.4. The van der Waals surface area contributed by atoms with Crippen molar-refractivity contribution in [3.63, 3.8) is 0 Å². The van der Waals surface area contributed by atoms with Crippen molar-refractivity contribution in [3.05, 3.63) is 35.9 Å². The fourth-order valence-corrected chi connectivity index (χ4v) is 3.28. The first-order valence-corrected chi connectivity index (χ1v) is 8.72. The molecule has 1 saturated carbocycles. The van der Waals surface area contributed by atoms with Crippen LogP contribution in [0.15, 0.2) is 30.3 Å². The van der Waals surface area contributed by atoms with Gasteiger partial charge in [-0.15, -0.1) is 0 Å². The van der Waals surface area contributed by atoms with Crippen LogP contribution in [-0.2, 0) is 25.6 Å². The van der Waals surface area contributed by atoms with Gasteiger partial charge < -0.3 is 15.7 Å². The highest BCUT2D eigenvalue weighted by Gasteiger charge is 2.35. The molecule has 1 fully saturated rings. The third-order valence-corrected chi connectivity index (χ3v) is 4.53. The van der Waals surface area contributed by atoms with Crippen molar-refractivity contribution < 1.29 is 24.3 Å². The van der Waals surface area contributed by atoms with Crippen LogP contribution < -0.4 is 10.6 Å². The van der Waals surface area contributed by atoms with E-state index in [9.17, 15) is 24.3 Å². The number of carbonyl (C=O) groups is 4. The molecule has 3 N–H and O–H groups in total. The summed E-state index contributed by atoms with van der Waals surface area (Å²) in [7, 11) is 0. The zero-order valence-electron chi connectivity index (χ0n) is 14.7. The van der Waals surface area contributed by atoms with Crippen molar-refractivity contribution in [2.75, 3.05) is 0 Å². The Labute approximate surface area is 152 Å². The number of hydrogen-bond acceptors (Lipinski definition) is 4. The summed E-state index contributed by atoms with van der Waals surface area (Å²) < 4.78 is 0. The lowest BCUT2D eigenvalue weighted by Crippen LogP contribution is -2.54. The highest BCUT2D eigenvalue weighted by Crippen LogP contribution is 2.24. The molecular weight excluding hydrogens is 336 g/mol. The Kier molecular flexibility index (Phi) is 6.89. The van der Waals surface area contributed by atoms with E-state index in [4.69, 9.17) is 0 Å². The van der Waals surface area contributed by atoms with Crippen LogP contribution in [0, 0.1) is 5.92 Å². The fourth-order valence-electron chi connectivity index (χ4n) is 3.28. The highest BCUT2D eigenvalue weighted by molar-refractivity contribution is 5.90. The Balaban J connectivity index is 2.10. The topological polar surface area (TPSA) is 113 Å². The van der Waals surface area contributed by atoms with Gasteiger partial charge in [0.25, 0.3) is 0 Å². The molecule has 0 aliphatic heterocycles. The SMILES string of the molecule is CC(=O)N[C@H](Cc1ccccc1)C(=O)N[C@@H](C(=O)O)[C@@H]1CCCC(=O)C1. The Morgan fingerprint density at radius 3 is 2.46 bits per heavy atom. The molecule has 0 heterocycles. The number of ketones is 1. The first-order valence-electron chi connectivity index (χ1n) is 8.72. The van der Waals surface area contributed by atoms with E-state index >= 15 is 0 Å². The van der Waals surface area contributed by atoms with Crippen LogP contribution in [0.4, 0.5) is 0 Å². The molecule has 140 valence electrons. The van der Waals surface area contributed by atoms with Gasteiger partial charge in [0.15, 0.2) is 0 Å². The smallest absolute Gasteiger partial charge is 0.326 e. The number of benzene rings is 1. The molecule has 0 bridgehead atoms. The number of rotatable bonds is 7. The van der Waals surface area contributed by atoms with E-state index in [0.29, 0.717) is 19.3 Å². The van der Waals surface area contributed by atoms with E-state index in [1.807, 2.05) is 30.3 Å². The standard InChI is InChI=1S/C19H24N2O5/c1-12(22)20-16(10-13-6-3-2-4-7-13)18(24)21-17(19(25)26)14-8-5-9-15(23)11-14/h2-4,6-7,14,16-17H,5,8-11H2,1H3,(H,20,22)(H,21,24)(H,25,26)/t14-,16-,17-/m1/s1. The molecule has 1 aromatic carbocycles. The van der Waals surface area contributed by atoms with Crippen molar-refractivity contribution in [2.24, 2.45) is 5.92 Å². The van der Waals surface area contributed by atoms with Crippen LogP contribution in [-0.4, -0.2) is 40.8 Å². The number of carbonyl (C=O) groups excluding carboxylic acids is 3. The second kappa shape index (κ2) is 9.12. The lowest BCUT2D eigenvalue weighted by molar-refractivity contribution is -0.144. The zero-order chi connectivity index (χ0) is 19.1. The lowest BCUT2D eigenvalue weighted by atomic mass is 9.83. The molecule has 1 aliphatic carbocycles. The predicted molar refractivity (Wildman–Crippen MR) is 94.3 cm³/mol. The molecule has 0 radical (unpaired) electrons. The average Bonchev–Trinajstić information content (AvgIpc) is 2.59. The van der Waals surface area contributed by atoms with Crippen LogP contribution in [0.1, 0.15) is 38.2 Å². The van der Waals surface area contributed by atoms with E-state index < -0.39 is 29.9 Å². The van der Waals surface area contributed by atoms with E-state index in [1.54, 1.807) is 0 Å². The minimum atomic E-state index is -1.17. The number of carboxylic acid groups (broad SMARTS) is 1. The molecular formula is C19H24N2O5. The first-order chi connectivity index (χ1) is 12.4. The van der Waals surface area contributed by atoms with Gasteiger partial charge in [0.05, 0.1) is 0 Å². The number of aliphatic carboxylic acids is 1. The van der Waals surface area contributed by atoms with Crippen LogP contribution in [0.3, 0.4) is 0 Å². The minimum absolute atomic E-state index is 0.0180. The van der Waals surface area contributed by atoms with Crippen molar-refractivity contribution in [1.29, 1.82) is 0 Å². The van der Waals surface area contributed by atoms with Gasteiger partial charge >= 0.3 is 5.97 Å². The number of carboxylic acids is 1. The number of amides is 2. The zero-order valence-corrected chi connectivity index (χ0v) is 14.7. The molecule has 1 aliphatic rings. The van der Waals surface area contributed by atoms with E-state index in [-0.39, 0.29) is 24.5 Å². The van der Waals surface area contributed by atoms with Gasteiger partial charge in [-0.3, -0.25) is 14.4 Å². The monoisotopic (exact) mass is 360 g/mol. The van der Waals surface area contributed by atoms with Gasteiger partial charge in [-0.1, -0.05) is 30.3 Å². The summed E-state index contributed by atoms with van der Waals surface area (Å²) in [6.07, 6.45) is 2.07. The molecule has 0 saturated heterocycles. The average molecular weight is 360 g/mol. The maximum Gasteiger partial charge on any atom is 0.326 e. The summed E-state index contributed by atoms with van der Waals surface area (Å²) in [5.74, 6) is -2.51. The van der Waals surface area contributed by atoms with Gasteiger partial charge in [-0.25, -0.2) is 4.79 Å². The molecule has 7 heteroatoms. The van der Waals surface area contributed by atoms with Gasteiger partial charge in [-0.2, -0.15) is 0 Å². The first kappa shape index (κ1) is 19.6. The molecule has 2 rings (SSSR count). The van der Waals surface area contributed by atoms with Gasteiger partial charge in [0.1, 0.15) is 17.9 Å². The molecule has 0 unspecified atom stereocenters. The van der Waals surface area contributed by atoms with Crippen LogP contribution >= 0.6 is 0 Å². The maximum absolute atomic E-state index is 12.6. The van der Waals surface area contributed by atoms with Crippen LogP contribution in [0.25, 0.3) is 0 Å². The highest BCUT2D eigenvalue weighted by atomic mass is 16.4. The van der Waals surface area contributed by atoms with E-state index in [0.717, 1.165) is 5.56 Å². The van der Waals surface area contributed by atoms with Gasteiger partial charge in [0.2, 0.25) is 11.8 Å². The van der Waals surface area contributed by atoms with E-state index in [2.05, 4.69) is 10.6 Å². The third kappa shape index (κ3) is 5.68. The van der Waals surface area contributed by atoms with Crippen molar-refractivity contribution in [3.8, 4) is 0 Å². The molecule has 0 aromatic heterocycles. The number of nitrogens with one attached hydrogen (secondary N) is 2. The summed E-state index contributed by atoms with van der Waals surface area (Å²) in [5, 5.41) is 14.6. The van der Waals surface area contributed by atoms with Crippen LogP contribution in [0.2, 0.25) is 0 Å². The molecule has 3 atom stereocenters. The fraction of sp³-hybridized carbons (Fsp3) is 0.474. The molecule has 0 spiro atoms. The van der Waals surface area contributed by atoms with Crippen molar-refractivity contribution >= 4 is 23.6 Å². The molecule has 26 heavy (non-hydrogen) atoms. The predicted octanol–water partition coefficient (Wildman–Crippen LogP) is 1.06. The third-order valence-electron chi connectivity index (χ3n) is 4.53. The lowest BCUT2D eigenvalue weighted by Gasteiger charge is -2.29. The summed E-state index contributed by atoms with van der Waals surface area (Å²) in [6, 6.07) is 7.14. The Morgan fingerprint density at radius 2 is 1.88 bits per heavy atom. The van der Waals surface area contributed by atoms with Gasteiger partial charge in [0, 0.05) is 26.2 Å². The van der Waals surface area contributed by atoms with E-state index in [1.165, 1.54) is 6.92 Å². The Bertz CT molecular complexity index is 674. The summed E-state index contributed by atoms with van der Waals surface area (Å²) >= 11 is 0. The van der Waals surface area contributed by atoms with Crippen LogP contribution in [0.5, 0.6) is 0 Å². The second-order valence-corrected chi connectivity index (χ2v) is 6.66. The molecule has 2 amide bonds. The Hall–Kier alpha value is -2.70. The quantitative estimate of drug-likeness (QED) is 0.673. The van der Waals surface area contributed by atoms with Crippen molar-refractivity contribution in [2.45, 2.75) is 51.1 Å². The van der Waals surface area contributed by atoms with Crippen molar-refractivity contribution in [1.82, 2.24) is 10.6 Å². The molecule has 1 aromatic rings. The summed E-state index contributed by atoms with van der Waals surface area (Å²) in [6.45, 7) is 1.31. The Morgan fingerprint density at radius 1 is 1.19 bits per heavy atom. The largest absolute Gasteiger partial charge is 0.480 e. The molecule has 7 nitrogen and oxygen atoms in total. The number of Topliss-reactive ketones (excluding diaryl/α,β-unsaturated/α-hetero) is 1. The normalized spacial score (nSPS) is 19.3. The van der Waals surface area contributed by atoms with Gasteiger partial charge in [-0.05, 0) is 24.3 Å². The maximum atomic E-state index is 12.6. The summed E-state index contributed by atoms with van der Waals surface area (Å²) in [5.41, 5.74) is 0.848. The number of hydrogen-bond donors (Lipinski definition) is 3. The second-order valence-electron chi connectivity index (χ2n) is 6.66.